The molecule has 1 aliphatic rings. The fourth-order valence-electron chi connectivity index (χ4n) is 9.00. The molecular formula is C49H33NS. The number of thiophene rings is 1. The van der Waals surface area contributed by atoms with E-state index < -0.39 is 0 Å². The Kier molecular flexibility index (Phi) is 5.95. The van der Waals surface area contributed by atoms with Crippen molar-refractivity contribution in [3.05, 3.63) is 175 Å². The highest BCUT2D eigenvalue weighted by Crippen LogP contribution is 2.54. The molecule has 8 aromatic carbocycles. The van der Waals surface area contributed by atoms with E-state index >= 15 is 0 Å². The lowest BCUT2D eigenvalue weighted by Crippen LogP contribution is -2.15. The SMILES string of the molecule is CC1(C)c2cc(-n3c4ccc(-c5ccccc5)cc4c4cc(-c5cccc6ccccc56)ccc43)ccc2-c2ccc3sc4ccccc4c3c21. The molecule has 0 radical (unpaired) electrons. The van der Waals surface area contributed by atoms with Crippen molar-refractivity contribution in [1.29, 1.82) is 0 Å². The second-order valence-corrected chi connectivity index (χ2v) is 15.6. The summed E-state index contributed by atoms with van der Waals surface area (Å²) in [5.41, 5.74) is 14.0. The fraction of sp³-hybridized carbons (Fsp3) is 0.0612. The Morgan fingerprint density at radius 2 is 1.14 bits per heavy atom. The van der Waals surface area contributed by atoms with E-state index in [1.165, 1.54) is 103 Å². The molecule has 240 valence electrons. The van der Waals surface area contributed by atoms with Gasteiger partial charge < -0.3 is 4.57 Å². The maximum Gasteiger partial charge on any atom is 0.0541 e. The summed E-state index contributed by atoms with van der Waals surface area (Å²) in [6, 6.07) is 60.9. The fourth-order valence-corrected chi connectivity index (χ4v) is 10.1. The van der Waals surface area contributed by atoms with Crippen LogP contribution in [0.3, 0.4) is 0 Å². The highest BCUT2D eigenvalue weighted by atomic mass is 32.1. The molecule has 11 rings (SSSR count). The minimum atomic E-state index is -0.148. The van der Waals surface area contributed by atoms with E-state index in [1.54, 1.807) is 0 Å². The van der Waals surface area contributed by atoms with Crippen LogP contribution in [0.1, 0.15) is 25.0 Å². The van der Waals surface area contributed by atoms with Gasteiger partial charge in [-0.3, -0.25) is 0 Å². The molecule has 0 amide bonds. The first kappa shape index (κ1) is 28.8. The molecule has 0 aliphatic heterocycles. The Morgan fingerprint density at radius 1 is 0.451 bits per heavy atom. The van der Waals surface area contributed by atoms with E-state index in [9.17, 15) is 0 Å². The first-order valence-corrected chi connectivity index (χ1v) is 18.6. The van der Waals surface area contributed by atoms with Gasteiger partial charge in [-0.2, -0.15) is 0 Å². The minimum Gasteiger partial charge on any atom is -0.309 e. The molecule has 0 N–H and O–H groups in total. The van der Waals surface area contributed by atoms with Crippen LogP contribution in [0.25, 0.3) is 91.8 Å². The Hall–Kier alpha value is -5.96. The predicted octanol–water partition coefficient (Wildman–Crippen LogP) is 13.9. The summed E-state index contributed by atoms with van der Waals surface area (Å²) in [7, 11) is 0. The van der Waals surface area contributed by atoms with Gasteiger partial charge in [-0.15, -0.1) is 11.3 Å². The van der Waals surface area contributed by atoms with E-state index in [1.807, 2.05) is 11.3 Å². The van der Waals surface area contributed by atoms with Gasteiger partial charge >= 0.3 is 0 Å². The van der Waals surface area contributed by atoms with E-state index in [-0.39, 0.29) is 5.41 Å². The van der Waals surface area contributed by atoms with Gasteiger partial charge in [0.25, 0.3) is 0 Å². The summed E-state index contributed by atoms with van der Waals surface area (Å²) in [6.07, 6.45) is 0. The normalized spacial score (nSPS) is 13.5. The Bertz CT molecular complexity index is 3040. The average molecular weight is 668 g/mol. The van der Waals surface area contributed by atoms with Crippen LogP contribution >= 0.6 is 11.3 Å². The molecule has 0 saturated heterocycles. The summed E-state index contributed by atoms with van der Waals surface area (Å²) >= 11 is 1.91. The topological polar surface area (TPSA) is 4.93 Å². The number of benzene rings is 8. The number of hydrogen-bond donors (Lipinski definition) is 0. The summed E-state index contributed by atoms with van der Waals surface area (Å²) in [4.78, 5) is 0. The zero-order valence-corrected chi connectivity index (χ0v) is 29.3. The van der Waals surface area contributed by atoms with Crippen molar-refractivity contribution in [2.75, 3.05) is 0 Å². The van der Waals surface area contributed by atoms with E-state index in [4.69, 9.17) is 0 Å². The zero-order valence-electron chi connectivity index (χ0n) is 28.4. The van der Waals surface area contributed by atoms with E-state index in [2.05, 4.69) is 182 Å². The van der Waals surface area contributed by atoms with Gasteiger partial charge in [0.1, 0.15) is 0 Å². The van der Waals surface area contributed by atoms with Gasteiger partial charge in [-0.25, -0.2) is 0 Å². The smallest absolute Gasteiger partial charge is 0.0541 e. The third-order valence-corrected chi connectivity index (χ3v) is 12.5. The first-order chi connectivity index (χ1) is 25.0. The van der Waals surface area contributed by atoms with Gasteiger partial charge in [0.15, 0.2) is 0 Å². The zero-order chi connectivity index (χ0) is 33.8. The van der Waals surface area contributed by atoms with Crippen LogP contribution in [-0.2, 0) is 5.41 Å². The Labute approximate surface area is 300 Å². The van der Waals surface area contributed by atoms with Crippen LogP contribution in [0.15, 0.2) is 164 Å². The molecule has 0 unspecified atom stereocenters. The number of hydrogen-bond acceptors (Lipinski definition) is 1. The minimum absolute atomic E-state index is 0.148. The lowest BCUT2D eigenvalue weighted by Gasteiger charge is -2.23. The molecule has 0 atom stereocenters. The molecule has 51 heavy (non-hydrogen) atoms. The number of nitrogens with zero attached hydrogens (tertiary/aromatic N) is 1. The summed E-state index contributed by atoms with van der Waals surface area (Å²) in [6.45, 7) is 4.84. The third kappa shape index (κ3) is 4.08. The number of rotatable bonds is 3. The average Bonchev–Trinajstić information content (AvgIpc) is 3.79. The van der Waals surface area contributed by atoms with Crippen molar-refractivity contribution in [2.45, 2.75) is 19.3 Å². The molecule has 0 fully saturated rings. The van der Waals surface area contributed by atoms with Crippen LogP contribution in [-0.4, -0.2) is 4.57 Å². The molecule has 1 nitrogen and oxygen atoms in total. The van der Waals surface area contributed by atoms with Crippen LogP contribution in [0.4, 0.5) is 0 Å². The standard InChI is InChI=1S/C49H33NS/c1-49(2)42-29-34(21-22-37(42)38-23-26-46-47(48(38)49)39-16-8-9-18-45(39)51-46)50-43-24-19-32(30-11-4-3-5-12-30)27-40(43)41-28-33(20-25-44(41)50)36-17-10-14-31-13-6-7-15-35(31)36/h3-29H,1-2H3. The Balaban J connectivity index is 1.15. The highest BCUT2D eigenvalue weighted by molar-refractivity contribution is 7.25. The molecule has 2 aromatic heterocycles. The summed E-state index contributed by atoms with van der Waals surface area (Å²) in [5, 5.41) is 7.86. The quantitative estimate of drug-likeness (QED) is 0.177. The molecule has 1 aliphatic carbocycles. The van der Waals surface area contributed by atoms with Crippen LogP contribution in [0, 0.1) is 0 Å². The van der Waals surface area contributed by atoms with E-state index in [0.717, 1.165) is 0 Å². The van der Waals surface area contributed by atoms with Crippen molar-refractivity contribution < 1.29 is 0 Å². The second kappa shape index (κ2) is 10.5. The molecule has 2 heterocycles. The van der Waals surface area contributed by atoms with Crippen molar-refractivity contribution in [3.8, 4) is 39.1 Å². The monoisotopic (exact) mass is 667 g/mol. The number of aromatic nitrogens is 1. The molecule has 0 saturated carbocycles. The van der Waals surface area contributed by atoms with Crippen molar-refractivity contribution in [3.63, 3.8) is 0 Å². The van der Waals surface area contributed by atoms with Gasteiger partial charge in [0, 0.05) is 42.0 Å². The van der Waals surface area contributed by atoms with E-state index in [0.29, 0.717) is 0 Å². The largest absolute Gasteiger partial charge is 0.309 e. The van der Waals surface area contributed by atoms with Crippen molar-refractivity contribution in [2.24, 2.45) is 0 Å². The lowest BCUT2D eigenvalue weighted by atomic mass is 9.80. The van der Waals surface area contributed by atoms with Crippen LogP contribution in [0.5, 0.6) is 0 Å². The van der Waals surface area contributed by atoms with Crippen molar-refractivity contribution >= 4 is 64.1 Å². The molecular weight excluding hydrogens is 635 g/mol. The summed E-state index contributed by atoms with van der Waals surface area (Å²) in [5.74, 6) is 0. The van der Waals surface area contributed by atoms with Crippen LogP contribution < -0.4 is 0 Å². The van der Waals surface area contributed by atoms with Crippen molar-refractivity contribution in [1.82, 2.24) is 4.57 Å². The molecule has 0 spiro atoms. The molecule has 10 aromatic rings. The number of fused-ring (bicyclic) bond motifs is 11. The second-order valence-electron chi connectivity index (χ2n) is 14.5. The lowest BCUT2D eigenvalue weighted by molar-refractivity contribution is 0.666. The van der Waals surface area contributed by atoms with Gasteiger partial charge in [0.2, 0.25) is 0 Å². The maximum absolute atomic E-state index is 2.49. The maximum atomic E-state index is 2.49. The third-order valence-electron chi connectivity index (χ3n) is 11.4. The predicted molar refractivity (Wildman–Crippen MR) is 220 cm³/mol. The highest BCUT2D eigenvalue weighted by Gasteiger charge is 2.38. The van der Waals surface area contributed by atoms with Gasteiger partial charge in [-0.1, -0.05) is 129 Å². The molecule has 0 bridgehead atoms. The van der Waals surface area contributed by atoms with Gasteiger partial charge in [-0.05, 0) is 104 Å². The molecule has 2 heteroatoms. The van der Waals surface area contributed by atoms with Crippen LogP contribution in [0.2, 0.25) is 0 Å². The Morgan fingerprint density at radius 3 is 1.98 bits per heavy atom. The summed E-state index contributed by atoms with van der Waals surface area (Å²) < 4.78 is 5.22. The van der Waals surface area contributed by atoms with Gasteiger partial charge in [0.05, 0.1) is 11.0 Å². The first-order valence-electron chi connectivity index (χ1n) is 17.8.